The molecule has 2 aliphatic carbocycles. The highest BCUT2D eigenvalue weighted by molar-refractivity contribution is 6.52. The number of carbonyl (C=O) groups is 1. The lowest BCUT2D eigenvalue weighted by Crippen LogP contribution is -2.39. The van der Waals surface area contributed by atoms with Crippen LogP contribution in [0, 0.1) is 5.92 Å². The van der Waals surface area contributed by atoms with E-state index in [0.717, 1.165) is 12.8 Å². The van der Waals surface area contributed by atoms with Gasteiger partial charge < -0.3 is 4.90 Å². The van der Waals surface area contributed by atoms with Crippen molar-refractivity contribution < 1.29 is 4.79 Å². The van der Waals surface area contributed by atoms with Crippen molar-refractivity contribution >= 4 is 29.1 Å². The van der Waals surface area contributed by atoms with Crippen LogP contribution in [0.4, 0.5) is 0 Å². The molecular formula is C11H17Cl2NO. The summed E-state index contributed by atoms with van der Waals surface area (Å²) in [7, 11) is 1.89. The second kappa shape index (κ2) is 4.14. The maximum absolute atomic E-state index is 12.0. The molecule has 2 nitrogen and oxygen atoms in total. The smallest absolute Gasteiger partial charge is 0.228 e. The first kappa shape index (κ1) is 11.5. The van der Waals surface area contributed by atoms with Crippen LogP contribution in [0.5, 0.6) is 0 Å². The number of rotatable bonds is 2. The molecule has 2 rings (SSSR count). The molecule has 0 N–H and O–H groups in total. The summed E-state index contributed by atoms with van der Waals surface area (Å²) in [5, 5.41) is 0. The molecule has 0 bridgehead atoms. The summed E-state index contributed by atoms with van der Waals surface area (Å²) in [6.45, 7) is 0. The fourth-order valence-corrected chi connectivity index (χ4v) is 2.87. The average Bonchev–Trinajstić information content (AvgIpc) is 2.87. The van der Waals surface area contributed by atoms with E-state index in [-0.39, 0.29) is 11.8 Å². The lowest BCUT2D eigenvalue weighted by molar-refractivity contribution is -0.133. The van der Waals surface area contributed by atoms with Gasteiger partial charge in [-0.15, -0.1) is 23.2 Å². The molecule has 0 aromatic carbocycles. The molecule has 0 aromatic heterocycles. The van der Waals surface area contributed by atoms with Crippen LogP contribution in [-0.4, -0.2) is 28.2 Å². The normalized spacial score (nSPS) is 29.9. The van der Waals surface area contributed by atoms with E-state index in [1.54, 1.807) is 0 Å². The van der Waals surface area contributed by atoms with Gasteiger partial charge in [0.05, 0.1) is 5.92 Å². The van der Waals surface area contributed by atoms with Crippen LogP contribution < -0.4 is 0 Å². The summed E-state index contributed by atoms with van der Waals surface area (Å²) in [5.41, 5.74) is 0. The Kier molecular flexibility index (Phi) is 3.18. The van der Waals surface area contributed by atoms with Crippen molar-refractivity contribution in [2.75, 3.05) is 7.05 Å². The first-order valence-electron chi connectivity index (χ1n) is 5.67. The molecule has 4 heteroatoms. The molecule has 2 aliphatic rings. The highest BCUT2D eigenvalue weighted by atomic mass is 35.5. The molecule has 0 saturated heterocycles. The predicted octanol–water partition coefficient (Wildman–Crippen LogP) is 2.97. The lowest BCUT2D eigenvalue weighted by Gasteiger charge is -2.31. The van der Waals surface area contributed by atoms with Gasteiger partial charge in [0, 0.05) is 13.1 Å². The molecule has 0 aromatic rings. The van der Waals surface area contributed by atoms with Crippen LogP contribution in [0.2, 0.25) is 0 Å². The van der Waals surface area contributed by atoms with Crippen LogP contribution in [0.1, 0.15) is 38.5 Å². The number of nitrogens with zero attached hydrogens (tertiary/aromatic N) is 1. The zero-order chi connectivity index (χ0) is 11.1. The largest absolute Gasteiger partial charge is 0.342 e. The monoisotopic (exact) mass is 249 g/mol. The SMILES string of the molecule is CN(C(=O)C1CC1(Cl)Cl)C1CCCCC1. The molecule has 86 valence electrons. The topological polar surface area (TPSA) is 20.3 Å². The molecule has 1 amide bonds. The van der Waals surface area contributed by atoms with E-state index in [9.17, 15) is 4.79 Å². The molecule has 1 atom stereocenters. The number of carbonyl (C=O) groups excluding carboxylic acids is 1. The molecule has 2 saturated carbocycles. The summed E-state index contributed by atoms with van der Waals surface area (Å²) >= 11 is 11.8. The quantitative estimate of drug-likeness (QED) is 0.690. The molecule has 0 aliphatic heterocycles. The van der Waals surface area contributed by atoms with Crippen LogP contribution in [0.3, 0.4) is 0 Å². The average molecular weight is 250 g/mol. The van der Waals surface area contributed by atoms with Crippen molar-refractivity contribution in [1.82, 2.24) is 4.90 Å². The molecule has 0 heterocycles. The summed E-state index contributed by atoms with van der Waals surface area (Å²) in [4.78, 5) is 13.8. The van der Waals surface area contributed by atoms with Gasteiger partial charge in [-0.2, -0.15) is 0 Å². The molecule has 1 unspecified atom stereocenters. The van der Waals surface area contributed by atoms with Crippen molar-refractivity contribution in [2.24, 2.45) is 5.92 Å². The van der Waals surface area contributed by atoms with Crippen molar-refractivity contribution in [3.8, 4) is 0 Å². The van der Waals surface area contributed by atoms with Gasteiger partial charge in [0.1, 0.15) is 4.33 Å². The zero-order valence-corrected chi connectivity index (χ0v) is 10.5. The second-order valence-corrected chi connectivity index (χ2v) is 6.30. The Labute approximate surface area is 101 Å². The zero-order valence-electron chi connectivity index (χ0n) is 9.01. The van der Waals surface area contributed by atoms with Gasteiger partial charge in [-0.05, 0) is 19.3 Å². The Bertz CT molecular complexity index is 261. The van der Waals surface area contributed by atoms with Crippen LogP contribution >= 0.6 is 23.2 Å². The maximum Gasteiger partial charge on any atom is 0.228 e. The number of amides is 1. The van der Waals surface area contributed by atoms with Crippen LogP contribution in [-0.2, 0) is 4.79 Å². The van der Waals surface area contributed by atoms with E-state index < -0.39 is 4.33 Å². The third-order valence-electron chi connectivity index (χ3n) is 3.59. The fraction of sp³-hybridized carbons (Fsp3) is 0.909. The Hall–Kier alpha value is 0.0500. The Balaban J connectivity index is 1.90. The third kappa shape index (κ3) is 2.42. The highest BCUT2D eigenvalue weighted by Crippen LogP contribution is 2.54. The minimum atomic E-state index is -0.778. The van der Waals surface area contributed by atoms with Crippen molar-refractivity contribution in [3.05, 3.63) is 0 Å². The lowest BCUT2D eigenvalue weighted by atomic mass is 9.94. The number of hydrogen-bond acceptors (Lipinski definition) is 1. The standard InChI is InChI=1S/C11H17Cl2NO/c1-14(8-5-3-2-4-6-8)10(15)9-7-11(9,12)13/h8-9H,2-7H2,1H3. The number of halogens is 2. The maximum atomic E-state index is 12.0. The first-order valence-corrected chi connectivity index (χ1v) is 6.42. The van der Waals surface area contributed by atoms with E-state index >= 15 is 0 Å². The summed E-state index contributed by atoms with van der Waals surface area (Å²) in [5.74, 6) is -0.0281. The number of hydrogen-bond donors (Lipinski definition) is 0. The van der Waals surface area contributed by atoms with Gasteiger partial charge in [-0.1, -0.05) is 19.3 Å². The number of alkyl halides is 2. The molecular weight excluding hydrogens is 233 g/mol. The molecule has 15 heavy (non-hydrogen) atoms. The van der Waals surface area contributed by atoms with Crippen LogP contribution in [0.25, 0.3) is 0 Å². The van der Waals surface area contributed by atoms with Crippen LogP contribution in [0.15, 0.2) is 0 Å². The minimum Gasteiger partial charge on any atom is -0.342 e. The second-order valence-electron chi connectivity index (χ2n) is 4.76. The van der Waals surface area contributed by atoms with E-state index in [4.69, 9.17) is 23.2 Å². The summed E-state index contributed by atoms with van der Waals surface area (Å²) in [6, 6.07) is 0.413. The van der Waals surface area contributed by atoms with Crippen molar-refractivity contribution in [1.29, 1.82) is 0 Å². The minimum absolute atomic E-state index is 0.131. The third-order valence-corrected chi connectivity index (χ3v) is 4.43. The fourth-order valence-electron chi connectivity index (χ4n) is 2.38. The first-order chi connectivity index (χ1) is 7.02. The predicted molar refractivity (Wildman–Crippen MR) is 62.2 cm³/mol. The van der Waals surface area contributed by atoms with Gasteiger partial charge in [0.2, 0.25) is 5.91 Å². The summed E-state index contributed by atoms with van der Waals surface area (Å²) in [6.07, 6.45) is 6.65. The molecule has 0 spiro atoms. The van der Waals surface area contributed by atoms with E-state index in [1.807, 2.05) is 11.9 Å². The summed E-state index contributed by atoms with van der Waals surface area (Å²) < 4.78 is -0.778. The van der Waals surface area contributed by atoms with Gasteiger partial charge in [0.25, 0.3) is 0 Å². The van der Waals surface area contributed by atoms with Gasteiger partial charge >= 0.3 is 0 Å². The van der Waals surface area contributed by atoms with E-state index in [2.05, 4.69) is 0 Å². The van der Waals surface area contributed by atoms with Gasteiger partial charge in [-0.25, -0.2) is 0 Å². The van der Waals surface area contributed by atoms with E-state index in [1.165, 1.54) is 19.3 Å². The highest BCUT2D eigenvalue weighted by Gasteiger charge is 2.57. The van der Waals surface area contributed by atoms with Gasteiger partial charge in [0.15, 0.2) is 0 Å². The van der Waals surface area contributed by atoms with Gasteiger partial charge in [-0.3, -0.25) is 4.79 Å². The Morgan fingerprint density at radius 2 is 1.80 bits per heavy atom. The molecule has 2 fully saturated rings. The Morgan fingerprint density at radius 3 is 2.27 bits per heavy atom. The van der Waals surface area contributed by atoms with Crippen molar-refractivity contribution in [2.45, 2.75) is 48.9 Å². The Morgan fingerprint density at radius 1 is 1.27 bits per heavy atom. The van der Waals surface area contributed by atoms with Crippen molar-refractivity contribution in [3.63, 3.8) is 0 Å². The van der Waals surface area contributed by atoms with E-state index in [0.29, 0.717) is 12.5 Å². The molecule has 0 radical (unpaired) electrons.